The molecule has 7 nitrogen and oxygen atoms in total. The van der Waals surface area contributed by atoms with E-state index < -0.39 is 0 Å². The summed E-state index contributed by atoms with van der Waals surface area (Å²) >= 11 is 0. The van der Waals surface area contributed by atoms with Crippen molar-refractivity contribution in [1.29, 1.82) is 0 Å². The summed E-state index contributed by atoms with van der Waals surface area (Å²) in [6.45, 7) is 6.27. The minimum Gasteiger partial charge on any atom is -0.361 e. The molecule has 1 fully saturated rings. The second-order valence-corrected chi connectivity index (χ2v) is 7.70. The van der Waals surface area contributed by atoms with Crippen molar-refractivity contribution in [3.05, 3.63) is 53.9 Å². The van der Waals surface area contributed by atoms with Gasteiger partial charge in [-0.2, -0.15) is 5.10 Å². The quantitative estimate of drug-likeness (QED) is 0.638. The number of aryl methyl sites for hydroxylation is 3. The van der Waals surface area contributed by atoms with Crippen LogP contribution in [0.5, 0.6) is 0 Å². The van der Waals surface area contributed by atoms with Crippen LogP contribution in [0, 0.1) is 13.8 Å². The van der Waals surface area contributed by atoms with Gasteiger partial charge in [-0.3, -0.25) is 14.5 Å². The van der Waals surface area contributed by atoms with Crippen LogP contribution in [0.25, 0.3) is 11.1 Å². The molecule has 152 valence electrons. The molecule has 1 aliphatic heterocycles. The molecule has 7 heteroatoms. The van der Waals surface area contributed by atoms with E-state index in [1.807, 2.05) is 48.0 Å². The van der Waals surface area contributed by atoms with Gasteiger partial charge in [0.2, 0.25) is 5.91 Å². The highest BCUT2D eigenvalue weighted by atomic mass is 16.5. The zero-order valence-electron chi connectivity index (χ0n) is 17.0. The minimum absolute atomic E-state index is 0.244. The van der Waals surface area contributed by atoms with Crippen LogP contribution < -0.4 is 0 Å². The molecular weight excluding hydrogens is 366 g/mol. The fourth-order valence-electron chi connectivity index (χ4n) is 4.13. The number of aromatic nitrogens is 4. The Morgan fingerprint density at radius 1 is 1.24 bits per heavy atom. The van der Waals surface area contributed by atoms with Crippen molar-refractivity contribution in [3.8, 4) is 11.1 Å². The molecule has 0 unspecified atom stereocenters. The van der Waals surface area contributed by atoms with Crippen LogP contribution in [-0.2, 0) is 11.3 Å². The van der Waals surface area contributed by atoms with Gasteiger partial charge in [0.15, 0.2) is 0 Å². The normalized spacial score (nSPS) is 15.0. The Bertz CT molecular complexity index is 936. The molecule has 0 saturated carbocycles. The van der Waals surface area contributed by atoms with E-state index in [2.05, 4.69) is 21.3 Å². The van der Waals surface area contributed by atoms with Gasteiger partial charge in [-0.1, -0.05) is 5.16 Å². The third kappa shape index (κ3) is 4.39. The van der Waals surface area contributed by atoms with E-state index in [1.165, 1.54) is 0 Å². The van der Waals surface area contributed by atoms with E-state index >= 15 is 0 Å². The predicted octanol–water partition coefficient (Wildman–Crippen LogP) is 3.74. The molecule has 0 N–H and O–H groups in total. The Morgan fingerprint density at radius 2 is 2.07 bits per heavy atom. The smallest absolute Gasteiger partial charge is 0.222 e. The number of likely N-dealkylation sites (tertiary alicyclic amines) is 1. The third-order valence-corrected chi connectivity index (χ3v) is 5.71. The lowest BCUT2D eigenvalue weighted by atomic mass is 9.91. The first-order valence-corrected chi connectivity index (χ1v) is 10.3. The number of hydrogen-bond donors (Lipinski definition) is 0. The van der Waals surface area contributed by atoms with Gasteiger partial charge in [-0.25, -0.2) is 0 Å². The average molecular weight is 393 g/mol. The number of pyridine rings is 1. The van der Waals surface area contributed by atoms with Crippen LogP contribution >= 0.6 is 0 Å². The van der Waals surface area contributed by atoms with E-state index in [0.29, 0.717) is 12.3 Å². The van der Waals surface area contributed by atoms with Gasteiger partial charge >= 0.3 is 0 Å². The van der Waals surface area contributed by atoms with Gasteiger partial charge < -0.3 is 9.42 Å². The first kappa shape index (κ1) is 19.4. The van der Waals surface area contributed by atoms with E-state index in [1.54, 1.807) is 6.20 Å². The van der Waals surface area contributed by atoms with E-state index in [9.17, 15) is 4.79 Å². The third-order valence-electron chi connectivity index (χ3n) is 5.71. The summed E-state index contributed by atoms with van der Waals surface area (Å²) in [5.74, 6) is 1.45. The van der Waals surface area contributed by atoms with Gasteiger partial charge in [-0.05, 0) is 56.9 Å². The summed E-state index contributed by atoms with van der Waals surface area (Å²) in [4.78, 5) is 19.1. The van der Waals surface area contributed by atoms with Gasteiger partial charge in [0, 0.05) is 61.8 Å². The van der Waals surface area contributed by atoms with Gasteiger partial charge in [0.1, 0.15) is 5.76 Å². The van der Waals surface area contributed by atoms with Gasteiger partial charge in [0.05, 0.1) is 5.69 Å². The van der Waals surface area contributed by atoms with E-state index in [0.717, 1.165) is 67.2 Å². The molecule has 1 amide bonds. The van der Waals surface area contributed by atoms with Crippen molar-refractivity contribution < 1.29 is 9.32 Å². The molecule has 3 aromatic heterocycles. The number of nitrogens with zero attached hydrogens (tertiary/aromatic N) is 5. The van der Waals surface area contributed by atoms with E-state index in [-0.39, 0.29) is 5.91 Å². The van der Waals surface area contributed by atoms with Crippen LogP contribution in [0.2, 0.25) is 0 Å². The van der Waals surface area contributed by atoms with Crippen molar-refractivity contribution in [2.75, 3.05) is 13.1 Å². The molecule has 0 radical (unpaired) electrons. The summed E-state index contributed by atoms with van der Waals surface area (Å²) in [5, 5.41) is 8.24. The van der Waals surface area contributed by atoms with Gasteiger partial charge in [-0.15, -0.1) is 0 Å². The SMILES string of the molecule is Cc1noc(C)c1-c1ccnc(C2CCN(C(=O)CCCn3cccn3)CC2)c1. The van der Waals surface area contributed by atoms with Crippen LogP contribution in [0.3, 0.4) is 0 Å². The number of carbonyl (C=O) groups is 1. The highest BCUT2D eigenvalue weighted by molar-refractivity contribution is 5.76. The largest absolute Gasteiger partial charge is 0.361 e. The highest BCUT2D eigenvalue weighted by Gasteiger charge is 2.25. The maximum atomic E-state index is 12.5. The van der Waals surface area contributed by atoms with Gasteiger partial charge in [0.25, 0.3) is 0 Å². The second kappa shape index (κ2) is 8.59. The van der Waals surface area contributed by atoms with Crippen molar-refractivity contribution in [2.24, 2.45) is 0 Å². The molecule has 3 aromatic rings. The Hall–Kier alpha value is -2.96. The van der Waals surface area contributed by atoms with Crippen LogP contribution in [0.1, 0.15) is 48.7 Å². The standard InChI is InChI=1S/C22H27N5O2/c1-16-22(17(2)29-25-16)19-6-10-23-20(15-19)18-7-13-26(14-8-18)21(28)5-3-11-27-12-4-9-24-27/h4,6,9-10,12,15,18H,3,5,7-8,11,13-14H2,1-2H3. The van der Waals surface area contributed by atoms with Crippen molar-refractivity contribution in [2.45, 2.75) is 52.0 Å². The van der Waals surface area contributed by atoms with Crippen LogP contribution in [0.4, 0.5) is 0 Å². The highest BCUT2D eigenvalue weighted by Crippen LogP contribution is 2.32. The maximum absolute atomic E-state index is 12.5. The molecule has 0 aliphatic carbocycles. The lowest BCUT2D eigenvalue weighted by molar-refractivity contribution is -0.132. The van der Waals surface area contributed by atoms with Crippen molar-refractivity contribution >= 4 is 5.91 Å². The number of hydrogen-bond acceptors (Lipinski definition) is 5. The van der Waals surface area contributed by atoms with Crippen molar-refractivity contribution in [1.82, 2.24) is 24.8 Å². The van der Waals surface area contributed by atoms with Crippen LogP contribution in [-0.4, -0.2) is 43.8 Å². The minimum atomic E-state index is 0.244. The maximum Gasteiger partial charge on any atom is 0.222 e. The summed E-state index contributed by atoms with van der Waals surface area (Å²) < 4.78 is 7.18. The summed E-state index contributed by atoms with van der Waals surface area (Å²) in [6.07, 6.45) is 8.85. The predicted molar refractivity (Wildman–Crippen MR) is 109 cm³/mol. The first-order valence-electron chi connectivity index (χ1n) is 10.3. The second-order valence-electron chi connectivity index (χ2n) is 7.70. The summed E-state index contributed by atoms with van der Waals surface area (Å²) in [6, 6.07) is 6.06. The first-order chi connectivity index (χ1) is 14.1. The molecule has 1 aliphatic rings. The molecule has 4 rings (SSSR count). The topological polar surface area (TPSA) is 77.0 Å². The Morgan fingerprint density at radius 3 is 2.76 bits per heavy atom. The molecule has 0 aromatic carbocycles. The zero-order valence-corrected chi connectivity index (χ0v) is 17.0. The monoisotopic (exact) mass is 393 g/mol. The molecule has 1 saturated heterocycles. The fraction of sp³-hybridized carbons (Fsp3) is 0.455. The van der Waals surface area contributed by atoms with Crippen LogP contribution in [0.15, 0.2) is 41.3 Å². The molecular formula is C22H27N5O2. The average Bonchev–Trinajstić information content (AvgIpc) is 3.38. The number of piperidine rings is 1. The molecule has 4 heterocycles. The summed E-state index contributed by atoms with van der Waals surface area (Å²) in [7, 11) is 0. The lowest BCUT2D eigenvalue weighted by Crippen LogP contribution is -2.38. The Balaban J connectivity index is 1.32. The number of amides is 1. The lowest BCUT2D eigenvalue weighted by Gasteiger charge is -2.32. The molecule has 0 atom stereocenters. The zero-order chi connectivity index (χ0) is 20.2. The number of rotatable bonds is 6. The Kier molecular flexibility index (Phi) is 5.74. The summed E-state index contributed by atoms with van der Waals surface area (Å²) in [5.41, 5.74) is 4.14. The molecule has 0 bridgehead atoms. The molecule has 29 heavy (non-hydrogen) atoms. The molecule has 0 spiro atoms. The fourth-order valence-corrected chi connectivity index (χ4v) is 4.13. The number of carbonyl (C=O) groups excluding carboxylic acids is 1. The Labute approximate surface area is 170 Å². The van der Waals surface area contributed by atoms with Crippen molar-refractivity contribution in [3.63, 3.8) is 0 Å². The van der Waals surface area contributed by atoms with E-state index in [4.69, 9.17) is 4.52 Å².